The summed E-state index contributed by atoms with van der Waals surface area (Å²) in [7, 11) is 0. The molecule has 0 heterocycles. The second kappa shape index (κ2) is 29.2. The van der Waals surface area contributed by atoms with E-state index in [0.717, 1.165) is 0 Å². The van der Waals surface area contributed by atoms with Crippen molar-refractivity contribution in [2.45, 2.75) is 0 Å². The van der Waals surface area contributed by atoms with E-state index in [1.54, 1.807) is 0 Å². The van der Waals surface area contributed by atoms with Crippen LogP contribution in [0, 0.1) is 0 Å². The Kier molecular flexibility index (Phi) is 452. The van der Waals surface area contributed by atoms with Gasteiger partial charge in [0.15, 0.2) is 0 Å². The molecular formula is H3AlFeNSi. The van der Waals surface area contributed by atoms with Crippen LogP contribution in [0.4, 0.5) is 0 Å². The van der Waals surface area contributed by atoms with Crippen molar-refractivity contribution in [1.82, 2.24) is 6.15 Å². The SMILES string of the molecule is N.[Al].[Fe].[Si]. The van der Waals surface area contributed by atoms with E-state index in [0.29, 0.717) is 0 Å². The van der Waals surface area contributed by atoms with Crippen molar-refractivity contribution >= 4 is 28.3 Å². The minimum absolute atomic E-state index is 0. The van der Waals surface area contributed by atoms with Crippen LogP contribution in [0.15, 0.2) is 0 Å². The molecule has 0 saturated heterocycles. The maximum Gasteiger partial charge on any atom is 0 e. The molecule has 0 aliphatic rings. The Morgan fingerprint density at radius 3 is 1.00 bits per heavy atom. The van der Waals surface area contributed by atoms with Gasteiger partial charge in [-0.25, -0.2) is 0 Å². The topological polar surface area (TPSA) is 35.0 Å². The standard InChI is InChI=1S/Al.Fe.H3N.Si/h;;1H3;. The minimum atomic E-state index is 0. The van der Waals surface area contributed by atoms with Gasteiger partial charge in [-0.15, -0.1) is 0 Å². The van der Waals surface area contributed by atoms with Crippen molar-refractivity contribution in [2.24, 2.45) is 0 Å². The van der Waals surface area contributed by atoms with E-state index in [1.165, 1.54) is 0 Å². The van der Waals surface area contributed by atoms with E-state index < -0.39 is 0 Å². The molecule has 0 aliphatic carbocycles. The zero-order chi connectivity index (χ0) is 0. The molecule has 0 amide bonds. The smallest absolute Gasteiger partial charge is 0 e. The monoisotopic (exact) mass is 128 g/mol. The molecule has 0 bridgehead atoms. The third-order valence-corrected chi connectivity index (χ3v) is 0. The fourth-order valence-corrected chi connectivity index (χ4v) is 0. The van der Waals surface area contributed by atoms with Crippen LogP contribution in [-0.4, -0.2) is 28.3 Å². The summed E-state index contributed by atoms with van der Waals surface area (Å²) in [5.74, 6) is 0. The maximum atomic E-state index is 0. The van der Waals surface area contributed by atoms with Crippen LogP contribution in [0.5, 0.6) is 0 Å². The van der Waals surface area contributed by atoms with Crippen molar-refractivity contribution < 1.29 is 17.1 Å². The summed E-state index contributed by atoms with van der Waals surface area (Å²) < 4.78 is 0. The average Bonchev–Trinajstić information content (AvgIpc) is 0. The van der Waals surface area contributed by atoms with Gasteiger partial charge in [-0.05, 0) is 0 Å². The molecular weight excluding hydrogens is 125 g/mol. The summed E-state index contributed by atoms with van der Waals surface area (Å²) in [5.41, 5.74) is 0. The first kappa shape index (κ1) is 61.9. The van der Waals surface area contributed by atoms with Crippen LogP contribution in [0.25, 0.3) is 0 Å². The molecule has 0 spiro atoms. The van der Waals surface area contributed by atoms with E-state index in [9.17, 15) is 0 Å². The van der Waals surface area contributed by atoms with E-state index in [-0.39, 0.29) is 51.5 Å². The molecule has 7 radical (unpaired) electrons. The van der Waals surface area contributed by atoms with Gasteiger partial charge in [-0.2, -0.15) is 0 Å². The van der Waals surface area contributed by atoms with Gasteiger partial charge >= 0.3 is 0 Å². The van der Waals surface area contributed by atoms with Crippen molar-refractivity contribution in [3.63, 3.8) is 0 Å². The minimum Gasteiger partial charge on any atom is -0.344 e. The summed E-state index contributed by atoms with van der Waals surface area (Å²) in [6, 6.07) is 0. The Balaban J connectivity index is 0. The van der Waals surface area contributed by atoms with E-state index in [1.807, 2.05) is 0 Å². The van der Waals surface area contributed by atoms with Crippen LogP contribution >= 0.6 is 0 Å². The number of hydrogen-bond acceptors (Lipinski definition) is 1. The molecule has 0 saturated carbocycles. The fourth-order valence-electron chi connectivity index (χ4n) is 0. The molecule has 0 aromatic heterocycles. The van der Waals surface area contributed by atoms with Crippen LogP contribution in [0.1, 0.15) is 0 Å². The molecule has 0 fully saturated rings. The van der Waals surface area contributed by atoms with Crippen LogP contribution in [0.2, 0.25) is 0 Å². The zero-order valence-electron chi connectivity index (χ0n) is 2.14. The Bertz CT molecular complexity index is 8.00. The predicted octanol–water partition coefficient (Wildman–Crippen LogP) is -0.602. The molecule has 3 N–H and O–H groups in total. The summed E-state index contributed by atoms with van der Waals surface area (Å²) in [5, 5.41) is 0. The van der Waals surface area contributed by atoms with Crippen LogP contribution < -0.4 is 6.15 Å². The summed E-state index contributed by atoms with van der Waals surface area (Å²) in [6.45, 7) is 0. The molecule has 4 heavy (non-hydrogen) atoms. The van der Waals surface area contributed by atoms with Crippen molar-refractivity contribution in [3.05, 3.63) is 0 Å². The van der Waals surface area contributed by atoms with Gasteiger partial charge in [0, 0.05) is 45.4 Å². The quantitative estimate of drug-likeness (QED) is 0.434. The second-order valence-corrected chi connectivity index (χ2v) is 0. The van der Waals surface area contributed by atoms with E-state index in [2.05, 4.69) is 0 Å². The average molecular weight is 128 g/mol. The molecule has 4 heteroatoms. The molecule has 1 nitrogen and oxygen atoms in total. The number of hydrogen-bond donors (Lipinski definition) is 1. The Morgan fingerprint density at radius 2 is 1.00 bits per heavy atom. The zero-order valence-corrected chi connectivity index (χ0v) is 5.40. The third-order valence-electron chi connectivity index (χ3n) is 0. The van der Waals surface area contributed by atoms with Gasteiger partial charge in [0.2, 0.25) is 0 Å². The van der Waals surface area contributed by atoms with Gasteiger partial charge in [-0.1, -0.05) is 0 Å². The van der Waals surface area contributed by atoms with Crippen LogP contribution in [-0.2, 0) is 17.1 Å². The molecule has 0 aromatic carbocycles. The summed E-state index contributed by atoms with van der Waals surface area (Å²) >= 11 is 0. The molecule has 23 valence electrons. The van der Waals surface area contributed by atoms with Crippen molar-refractivity contribution in [3.8, 4) is 0 Å². The van der Waals surface area contributed by atoms with Crippen LogP contribution in [0.3, 0.4) is 0 Å². The van der Waals surface area contributed by atoms with Gasteiger partial charge in [0.25, 0.3) is 0 Å². The fraction of sp³-hybridized carbons (Fsp3) is 0. The Morgan fingerprint density at radius 1 is 1.00 bits per heavy atom. The van der Waals surface area contributed by atoms with Gasteiger partial charge in [0.05, 0.1) is 0 Å². The maximum absolute atomic E-state index is 0. The molecule has 0 unspecified atom stereocenters. The normalized spacial score (nSPS) is 0. The molecule has 0 aromatic rings. The van der Waals surface area contributed by atoms with E-state index >= 15 is 0 Å². The number of rotatable bonds is 0. The first-order valence-corrected chi connectivity index (χ1v) is 0. The van der Waals surface area contributed by atoms with Crippen molar-refractivity contribution in [1.29, 1.82) is 0 Å². The van der Waals surface area contributed by atoms with Gasteiger partial charge in [-0.3, -0.25) is 0 Å². The largest absolute Gasteiger partial charge is 0.344 e. The molecule has 0 rings (SSSR count). The van der Waals surface area contributed by atoms with Gasteiger partial charge in [0.1, 0.15) is 0 Å². The first-order valence-electron chi connectivity index (χ1n) is 0. The predicted molar refractivity (Wildman–Crippen MR) is 16.5 cm³/mol. The third kappa shape index (κ3) is 10.6. The van der Waals surface area contributed by atoms with E-state index in [4.69, 9.17) is 0 Å². The molecule has 0 aliphatic heterocycles. The Hall–Kier alpha value is 1.23. The molecule has 0 atom stereocenters. The second-order valence-electron chi connectivity index (χ2n) is 0. The Labute approximate surface area is 51.7 Å². The first-order chi connectivity index (χ1) is 0. The summed E-state index contributed by atoms with van der Waals surface area (Å²) in [6.07, 6.45) is 0. The van der Waals surface area contributed by atoms with Gasteiger partial charge < -0.3 is 6.15 Å². The van der Waals surface area contributed by atoms with Crippen molar-refractivity contribution in [2.75, 3.05) is 0 Å². The summed E-state index contributed by atoms with van der Waals surface area (Å²) in [4.78, 5) is 0.